The van der Waals surface area contributed by atoms with E-state index in [2.05, 4.69) is 27.5 Å². The molecule has 2 aromatic heterocycles. The SMILES string of the molecule is COc1ccc(C(C)=O)cc1COc1ncnc2scc(-c3ccccc3)c12. The Kier molecular flexibility index (Phi) is 5.04. The smallest absolute Gasteiger partial charge is 0.226 e. The molecular weight excluding hydrogens is 372 g/mol. The molecular formula is C22H18N2O3S. The van der Waals surface area contributed by atoms with Crippen molar-refractivity contribution >= 4 is 27.3 Å². The Balaban J connectivity index is 1.71. The highest BCUT2D eigenvalue weighted by atomic mass is 32.1. The molecule has 0 saturated heterocycles. The van der Waals surface area contributed by atoms with E-state index in [0.29, 0.717) is 17.2 Å². The van der Waals surface area contributed by atoms with Crippen molar-refractivity contribution in [1.29, 1.82) is 0 Å². The standard InChI is InChI=1S/C22H18N2O3S/c1-14(25)16-8-9-19(26-2)17(10-16)11-27-21-20-18(15-6-4-3-5-7-15)12-28-22(20)24-13-23-21/h3-10,12-13H,11H2,1-2H3. The number of carbonyl (C=O) groups excluding carboxylic acids is 1. The second-order valence-electron chi connectivity index (χ2n) is 6.25. The summed E-state index contributed by atoms with van der Waals surface area (Å²) >= 11 is 1.56. The Bertz CT molecular complexity index is 1140. The first-order valence-electron chi connectivity index (χ1n) is 8.75. The van der Waals surface area contributed by atoms with Crippen LogP contribution in [0, 0.1) is 0 Å². The van der Waals surface area contributed by atoms with Crippen LogP contribution in [0.1, 0.15) is 22.8 Å². The molecule has 2 heterocycles. The topological polar surface area (TPSA) is 61.3 Å². The third-order valence-electron chi connectivity index (χ3n) is 4.47. The number of ketones is 1. The number of fused-ring (bicyclic) bond motifs is 1. The molecule has 0 atom stereocenters. The minimum atomic E-state index is -0.00229. The summed E-state index contributed by atoms with van der Waals surface area (Å²) in [6.07, 6.45) is 1.51. The molecule has 0 saturated carbocycles. The number of rotatable bonds is 6. The fourth-order valence-corrected chi connectivity index (χ4v) is 3.95. The second-order valence-corrected chi connectivity index (χ2v) is 7.10. The lowest BCUT2D eigenvalue weighted by Gasteiger charge is -2.12. The zero-order chi connectivity index (χ0) is 19.5. The first kappa shape index (κ1) is 18.1. The monoisotopic (exact) mass is 390 g/mol. The lowest BCUT2D eigenvalue weighted by molar-refractivity contribution is 0.101. The van der Waals surface area contributed by atoms with E-state index in [4.69, 9.17) is 9.47 Å². The average Bonchev–Trinajstić information content (AvgIpc) is 3.17. The molecule has 0 aliphatic heterocycles. The van der Waals surface area contributed by atoms with Crippen molar-refractivity contribution in [2.24, 2.45) is 0 Å². The highest BCUT2D eigenvalue weighted by molar-refractivity contribution is 7.17. The van der Waals surface area contributed by atoms with Gasteiger partial charge in [0.2, 0.25) is 5.88 Å². The lowest BCUT2D eigenvalue weighted by Crippen LogP contribution is -2.03. The molecule has 0 amide bonds. The summed E-state index contributed by atoms with van der Waals surface area (Å²) in [6.45, 7) is 1.78. The number of ether oxygens (including phenoxy) is 2. The fraction of sp³-hybridized carbons (Fsp3) is 0.136. The van der Waals surface area contributed by atoms with Gasteiger partial charge in [0.15, 0.2) is 5.78 Å². The minimum absolute atomic E-state index is 0.00229. The van der Waals surface area contributed by atoms with Crippen LogP contribution in [0.25, 0.3) is 21.3 Å². The van der Waals surface area contributed by atoms with Gasteiger partial charge in [0.05, 0.1) is 12.5 Å². The number of thiophene rings is 1. The van der Waals surface area contributed by atoms with Gasteiger partial charge in [0.25, 0.3) is 0 Å². The zero-order valence-corrected chi connectivity index (χ0v) is 16.3. The van der Waals surface area contributed by atoms with Crippen molar-refractivity contribution in [2.45, 2.75) is 13.5 Å². The van der Waals surface area contributed by atoms with Gasteiger partial charge in [-0.15, -0.1) is 11.3 Å². The van der Waals surface area contributed by atoms with Crippen molar-refractivity contribution < 1.29 is 14.3 Å². The number of methoxy groups -OCH3 is 1. The van der Waals surface area contributed by atoms with E-state index in [0.717, 1.165) is 26.9 Å². The van der Waals surface area contributed by atoms with Gasteiger partial charge in [0.1, 0.15) is 23.5 Å². The van der Waals surface area contributed by atoms with Crippen LogP contribution >= 0.6 is 11.3 Å². The molecule has 140 valence electrons. The van der Waals surface area contributed by atoms with E-state index in [9.17, 15) is 4.79 Å². The third-order valence-corrected chi connectivity index (χ3v) is 5.36. The molecule has 6 heteroatoms. The predicted octanol–water partition coefficient (Wildman–Crippen LogP) is 5.15. The van der Waals surface area contributed by atoms with Crippen molar-refractivity contribution in [3.05, 3.63) is 71.4 Å². The van der Waals surface area contributed by atoms with Crippen LogP contribution < -0.4 is 9.47 Å². The van der Waals surface area contributed by atoms with Gasteiger partial charge in [-0.2, -0.15) is 0 Å². The van der Waals surface area contributed by atoms with E-state index in [1.807, 2.05) is 18.2 Å². The molecule has 0 bridgehead atoms. The number of nitrogens with zero attached hydrogens (tertiary/aromatic N) is 2. The molecule has 2 aromatic carbocycles. The van der Waals surface area contributed by atoms with Crippen molar-refractivity contribution in [2.75, 3.05) is 7.11 Å². The van der Waals surface area contributed by atoms with Gasteiger partial charge in [-0.05, 0) is 30.7 Å². The van der Waals surface area contributed by atoms with Crippen LogP contribution in [0.3, 0.4) is 0 Å². The van der Waals surface area contributed by atoms with Crippen molar-refractivity contribution in [1.82, 2.24) is 9.97 Å². The molecule has 0 aliphatic carbocycles. The first-order valence-corrected chi connectivity index (χ1v) is 9.63. The predicted molar refractivity (Wildman–Crippen MR) is 110 cm³/mol. The maximum Gasteiger partial charge on any atom is 0.226 e. The summed E-state index contributed by atoms with van der Waals surface area (Å²) in [5, 5.41) is 2.96. The highest BCUT2D eigenvalue weighted by Gasteiger charge is 2.15. The molecule has 5 nitrogen and oxygen atoms in total. The van der Waals surface area contributed by atoms with Gasteiger partial charge in [-0.1, -0.05) is 30.3 Å². The van der Waals surface area contributed by atoms with E-state index in [-0.39, 0.29) is 12.4 Å². The van der Waals surface area contributed by atoms with Crippen LogP contribution in [0.2, 0.25) is 0 Å². The molecule has 28 heavy (non-hydrogen) atoms. The average molecular weight is 390 g/mol. The number of aromatic nitrogens is 2. The van der Waals surface area contributed by atoms with E-state index in [1.165, 1.54) is 13.3 Å². The Morgan fingerprint density at radius 3 is 2.68 bits per heavy atom. The van der Waals surface area contributed by atoms with Crippen molar-refractivity contribution in [3.63, 3.8) is 0 Å². The summed E-state index contributed by atoms with van der Waals surface area (Å²) in [5.41, 5.74) is 3.54. The Morgan fingerprint density at radius 2 is 1.93 bits per heavy atom. The van der Waals surface area contributed by atoms with Gasteiger partial charge < -0.3 is 9.47 Å². The zero-order valence-electron chi connectivity index (χ0n) is 15.5. The maximum absolute atomic E-state index is 11.7. The number of hydrogen-bond donors (Lipinski definition) is 0. The highest BCUT2D eigenvalue weighted by Crippen LogP contribution is 2.37. The minimum Gasteiger partial charge on any atom is -0.496 e. The van der Waals surface area contributed by atoms with E-state index in [1.54, 1.807) is 36.6 Å². The summed E-state index contributed by atoms with van der Waals surface area (Å²) in [5.74, 6) is 1.18. The Labute approximate surface area is 166 Å². The van der Waals surface area contributed by atoms with Crippen LogP contribution in [0.4, 0.5) is 0 Å². The van der Waals surface area contributed by atoms with E-state index >= 15 is 0 Å². The molecule has 0 unspecified atom stereocenters. The molecule has 0 N–H and O–H groups in total. The maximum atomic E-state index is 11.7. The lowest BCUT2D eigenvalue weighted by atomic mass is 10.1. The summed E-state index contributed by atoms with van der Waals surface area (Å²) in [7, 11) is 1.60. The van der Waals surface area contributed by atoms with Crippen LogP contribution in [-0.4, -0.2) is 22.9 Å². The van der Waals surface area contributed by atoms with Crippen LogP contribution in [-0.2, 0) is 6.61 Å². The van der Waals surface area contributed by atoms with Crippen LogP contribution in [0.15, 0.2) is 60.2 Å². The Morgan fingerprint density at radius 1 is 1.11 bits per heavy atom. The quantitative estimate of drug-likeness (QED) is 0.426. The fourth-order valence-electron chi connectivity index (χ4n) is 3.04. The molecule has 0 fully saturated rings. The number of carbonyl (C=O) groups is 1. The number of hydrogen-bond acceptors (Lipinski definition) is 6. The molecule has 0 spiro atoms. The van der Waals surface area contributed by atoms with Gasteiger partial charge in [0, 0.05) is 22.1 Å². The van der Waals surface area contributed by atoms with Crippen molar-refractivity contribution in [3.8, 4) is 22.8 Å². The second kappa shape index (κ2) is 7.78. The largest absolute Gasteiger partial charge is 0.496 e. The molecule has 0 aliphatic rings. The summed E-state index contributed by atoms with van der Waals surface area (Å²) in [4.78, 5) is 21.3. The van der Waals surface area contributed by atoms with Gasteiger partial charge in [-0.3, -0.25) is 4.79 Å². The number of Topliss-reactive ketones (excluding diaryl/α,β-unsaturated/α-hetero) is 1. The Hall–Kier alpha value is -3.25. The first-order chi connectivity index (χ1) is 13.7. The molecule has 4 rings (SSSR count). The van der Waals surface area contributed by atoms with Gasteiger partial charge >= 0.3 is 0 Å². The van der Waals surface area contributed by atoms with E-state index < -0.39 is 0 Å². The van der Waals surface area contributed by atoms with Crippen LogP contribution in [0.5, 0.6) is 11.6 Å². The third kappa shape index (κ3) is 3.46. The summed E-state index contributed by atoms with van der Waals surface area (Å²) < 4.78 is 11.5. The van der Waals surface area contributed by atoms with Gasteiger partial charge in [-0.25, -0.2) is 9.97 Å². The number of benzene rings is 2. The normalized spacial score (nSPS) is 10.8. The molecule has 4 aromatic rings. The summed E-state index contributed by atoms with van der Waals surface area (Å²) in [6, 6.07) is 15.4. The molecule has 0 radical (unpaired) electrons.